The number of hydrogen-bond donors (Lipinski definition) is 1. The molecule has 0 saturated heterocycles. The van der Waals surface area contributed by atoms with Gasteiger partial charge in [0.1, 0.15) is 5.82 Å². The van der Waals surface area contributed by atoms with E-state index in [1.807, 2.05) is 18.3 Å². The number of fused-ring (bicyclic) bond motifs is 1. The molecule has 2 N–H and O–H groups in total. The van der Waals surface area contributed by atoms with Crippen LogP contribution in [-0.4, -0.2) is 4.98 Å². The van der Waals surface area contributed by atoms with E-state index in [4.69, 9.17) is 5.73 Å². The molecule has 84 valence electrons. The second-order valence-corrected chi connectivity index (χ2v) is 5.76. The van der Waals surface area contributed by atoms with Crippen LogP contribution in [0.25, 0.3) is 20.5 Å². The van der Waals surface area contributed by atoms with E-state index in [9.17, 15) is 0 Å². The Balaban J connectivity index is 2.14. The van der Waals surface area contributed by atoms with Gasteiger partial charge in [-0.1, -0.05) is 22.0 Å². The molecule has 2 heterocycles. The predicted octanol–water partition coefficient (Wildman–Crippen LogP) is 4.31. The minimum absolute atomic E-state index is 0.553. The Labute approximate surface area is 111 Å². The first-order valence-corrected chi connectivity index (χ1v) is 6.74. The quantitative estimate of drug-likeness (QED) is 0.727. The largest absolute Gasteiger partial charge is 0.384 e. The van der Waals surface area contributed by atoms with Crippen LogP contribution in [0.4, 0.5) is 5.82 Å². The highest BCUT2D eigenvalue weighted by Crippen LogP contribution is 2.34. The van der Waals surface area contributed by atoms with Gasteiger partial charge in [-0.25, -0.2) is 4.98 Å². The van der Waals surface area contributed by atoms with Crippen molar-refractivity contribution in [1.82, 2.24) is 4.98 Å². The average Bonchev–Trinajstić information content (AvgIpc) is 2.72. The standard InChI is InChI=1S/C13H9BrN2S/c14-10-3-1-8-5-11(17-12(8)6-10)9-2-4-13(15)16-7-9/h1-7H,(H2,15,16). The van der Waals surface area contributed by atoms with E-state index in [0.717, 1.165) is 10.0 Å². The molecule has 0 fully saturated rings. The lowest BCUT2D eigenvalue weighted by atomic mass is 10.2. The number of anilines is 1. The number of rotatable bonds is 1. The van der Waals surface area contributed by atoms with E-state index >= 15 is 0 Å². The van der Waals surface area contributed by atoms with Crippen LogP contribution in [0.2, 0.25) is 0 Å². The molecule has 0 atom stereocenters. The third-order valence-corrected chi connectivity index (χ3v) is 4.19. The molecular formula is C13H9BrN2S. The first kappa shape index (κ1) is 10.7. The highest BCUT2D eigenvalue weighted by atomic mass is 79.9. The number of hydrogen-bond acceptors (Lipinski definition) is 3. The van der Waals surface area contributed by atoms with Crippen molar-refractivity contribution in [2.24, 2.45) is 0 Å². The maximum Gasteiger partial charge on any atom is 0.123 e. The first-order chi connectivity index (χ1) is 8.22. The molecule has 0 bridgehead atoms. The van der Waals surface area contributed by atoms with Gasteiger partial charge in [0.15, 0.2) is 0 Å². The second-order valence-electron chi connectivity index (χ2n) is 3.76. The van der Waals surface area contributed by atoms with E-state index in [2.05, 4.69) is 45.2 Å². The molecule has 0 amide bonds. The fraction of sp³-hybridized carbons (Fsp3) is 0. The van der Waals surface area contributed by atoms with Gasteiger partial charge < -0.3 is 5.73 Å². The molecule has 1 aromatic carbocycles. The van der Waals surface area contributed by atoms with Gasteiger partial charge in [0.25, 0.3) is 0 Å². The van der Waals surface area contributed by atoms with E-state index in [1.165, 1.54) is 15.0 Å². The molecule has 0 aliphatic carbocycles. The van der Waals surface area contributed by atoms with Crippen molar-refractivity contribution < 1.29 is 0 Å². The lowest BCUT2D eigenvalue weighted by Crippen LogP contribution is -1.87. The van der Waals surface area contributed by atoms with Crippen molar-refractivity contribution in [3.8, 4) is 10.4 Å². The first-order valence-electron chi connectivity index (χ1n) is 5.13. The van der Waals surface area contributed by atoms with Gasteiger partial charge in [0.2, 0.25) is 0 Å². The predicted molar refractivity (Wildman–Crippen MR) is 77.2 cm³/mol. The minimum atomic E-state index is 0.553. The SMILES string of the molecule is Nc1ccc(-c2cc3ccc(Br)cc3s2)cn1. The van der Waals surface area contributed by atoms with Gasteiger partial charge >= 0.3 is 0 Å². The van der Waals surface area contributed by atoms with E-state index < -0.39 is 0 Å². The van der Waals surface area contributed by atoms with E-state index in [0.29, 0.717) is 5.82 Å². The molecule has 3 rings (SSSR count). The monoisotopic (exact) mass is 304 g/mol. The molecule has 2 nitrogen and oxygen atoms in total. The van der Waals surface area contributed by atoms with Crippen molar-refractivity contribution in [3.05, 3.63) is 47.1 Å². The van der Waals surface area contributed by atoms with Gasteiger partial charge in [-0.3, -0.25) is 0 Å². The van der Waals surface area contributed by atoms with Crippen LogP contribution in [-0.2, 0) is 0 Å². The van der Waals surface area contributed by atoms with E-state index in [-0.39, 0.29) is 0 Å². The van der Waals surface area contributed by atoms with Crippen molar-refractivity contribution >= 4 is 43.2 Å². The Morgan fingerprint density at radius 1 is 1.12 bits per heavy atom. The second kappa shape index (κ2) is 4.13. The van der Waals surface area contributed by atoms with Crippen molar-refractivity contribution in [3.63, 3.8) is 0 Å². The number of pyridine rings is 1. The van der Waals surface area contributed by atoms with Crippen LogP contribution >= 0.6 is 27.3 Å². The Hall–Kier alpha value is -1.39. The fourth-order valence-corrected chi connectivity index (χ4v) is 3.30. The number of nitrogens with two attached hydrogens (primary N) is 1. The molecule has 17 heavy (non-hydrogen) atoms. The normalized spacial score (nSPS) is 10.9. The van der Waals surface area contributed by atoms with Crippen LogP contribution in [0, 0.1) is 0 Å². The Bertz CT molecular complexity index is 673. The molecule has 2 aromatic heterocycles. The number of nitrogens with zero attached hydrogens (tertiary/aromatic N) is 1. The molecular weight excluding hydrogens is 296 g/mol. The smallest absolute Gasteiger partial charge is 0.123 e. The average molecular weight is 305 g/mol. The Morgan fingerprint density at radius 3 is 2.76 bits per heavy atom. The zero-order valence-electron chi connectivity index (χ0n) is 8.85. The zero-order valence-corrected chi connectivity index (χ0v) is 11.3. The summed E-state index contributed by atoms with van der Waals surface area (Å²) in [4.78, 5) is 5.33. The summed E-state index contributed by atoms with van der Waals surface area (Å²) in [6.45, 7) is 0. The summed E-state index contributed by atoms with van der Waals surface area (Å²) >= 11 is 5.24. The van der Waals surface area contributed by atoms with Crippen LogP contribution in [0.3, 0.4) is 0 Å². The lowest BCUT2D eigenvalue weighted by molar-refractivity contribution is 1.34. The summed E-state index contributed by atoms with van der Waals surface area (Å²) in [6, 6.07) is 12.3. The third-order valence-electron chi connectivity index (χ3n) is 2.55. The van der Waals surface area contributed by atoms with Gasteiger partial charge in [0, 0.05) is 25.8 Å². The summed E-state index contributed by atoms with van der Waals surface area (Å²) < 4.78 is 2.38. The molecule has 0 aliphatic heterocycles. The van der Waals surface area contributed by atoms with Gasteiger partial charge in [-0.15, -0.1) is 11.3 Å². The number of aromatic nitrogens is 1. The Morgan fingerprint density at radius 2 is 2.00 bits per heavy atom. The number of halogens is 1. The Kier molecular flexibility index (Phi) is 2.61. The third kappa shape index (κ3) is 2.06. The molecule has 0 spiro atoms. The zero-order chi connectivity index (χ0) is 11.8. The topological polar surface area (TPSA) is 38.9 Å². The summed E-state index contributed by atoms with van der Waals surface area (Å²) in [5.41, 5.74) is 6.69. The summed E-state index contributed by atoms with van der Waals surface area (Å²) in [7, 11) is 0. The van der Waals surface area contributed by atoms with Crippen LogP contribution in [0.5, 0.6) is 0 Å². The molecule has 0 saturated carbocycles. The van der Waals surface area contributed by atoms with Gasteiger partial charge in [-0.2, -0.15) is 0 Å². The van der Waals surface area contributed by atoms with E-state index in [1.54, 1.807) is 11.3 Å². The van der Waals surface area contributed by atoms with Crippen molar-refractivity contribution in [2.45, 2.75) is 0 Å². The van der Waals surface area contributed by atoms with Gasteiger partial charge in [-0.05, 0) is 35.7 Å². The minimum Gasteiger partial charge on any atom is -0.384 e. The van der Waals surface area contributed by atoms with Gasteiger partial charge in [0.05, 0.1) is 0 Å². The van der Waals surface area contributed by atoms with Crippen LogP contribution in [0.15, 0.2) is 47.1 Å². The van der Waals surface area contributed by atoms with Crippen LogP contribution in [0.1, 0.15) is 0 Å². The maximum absolute atomic E-state index is 5.59. The van der Waals surface area contributed by atoms with Crippen molar-refractivity contribution in [1.29, 1.82) is 0 Å². The maximum atomic E-state index is 5.59. The number of thiophene rings is 1. The highest BCUT2D eigenvalue weighted by molar-refractivity contribution is 9.10. The molecule has 4 heteroatoms. The molecule has 3 aromatic rings. The number of benzene rings is 1. The molecule has 0 radical (unpaired) electrons. The van der Waals surface area contributed by atoms with Crippen LogP contribution < -0.4 is 5.73 Å². The number of nitrogen functional groups attached to an aromatic ring is 1. The summed E-state index contributed by atoms with van der Waals surface area (Å²) in [5.74, 6) is 0.553. The van der Waals surface area contributed by atoms with Crippen molar-refractivity contribution in [2.75, 3.05) is 5.73 Å². The summed E-state index contributed by atoms with van der Waals surface area (Å²) in [6.07, 6.45) is 1.81. The fourth-order valence-electron chi connectivity index (χ4n) is 1.70. The lowest BCUT2D eigenvalue weighted by Gasteiger charge is -1.96. The highest BCUT2D eigenvalue weighted by Gasteiger charge is 2.04. The summed E-state index contributed by atoms with van der Waals surface area (Å²) in [5, 5.41) is 1.25. The molecule has 0 unspecified atom stereocenters. The molecule has 0 aliphatic rings.